The second kappa shape index (κ2) is 8.24. The topological polar surface area (TPSA) is 75.3 Å². The Labute approximate surface area is 140 Å². The van der Waals surface area contributed by atoms with Gasteiger partial charge in [0.15, 0.2) is 0 Å². The predicted octanol–water partition coefficient (Wildman–Crippen LogP) is 2.08. The van der Waals surface area contributed by atoms with Crippen molar-refractivity contribution in [1.29, 1.82) is 0 Å². The number of benzene rings is 1. The highest BCUT2D eigenvalue weighted by Crippen LogP contribution is 2.10. The molecule has 0 fully saturated rings. The van der Waals surface area contributed by atoms with Crippen molar-refractivity contribution in [3.63, 3.8) is 0 Å². The third-order valence-electron chi connectivity index (χ3n) is 3.25. The number of hydrogen-bond donors (Lipinski definition) is 2. The van der Waals surface area contributed by atoms with Crippen LogP contribution in [0.4, 0.5) is 0 Å². The molecule has 2 aromatic rings. The summed E-state index contributed by atoms with van der Waals surface area (Å²) in [6.45, 7) is 2.54. The van der Waals surface area contributed by atoms with Crippen molar-refractivity contribution in [3.05, 3.63) is 52.2 Å². The molecule has 0 atom stereocenters. The average Bonchev–Trinajstić information content (AvgIpc) is 3.01. The predicted molar refractivity (Wildman–Crippen MR) is 92.0 cm³/mol. The minimum absolute atomic E-state index is 0.0844. The van der Waals surface area contributed by atoms with Crippen molar-refractivity contribution in [2.45, 2.75) is 24.7 Å². The number of nitrogens with one attached hydrogen (secondary N) is 2. The van der Waals surface area contributed by atoms with E-state index in [9.17, 15) is 13.2 Å². The van der Waals surface area contributed by atoms with Crippen LogP contribution in [0.15, 0.2) is 46.7 Å². The summed E-state index contributed by atoms with van der Waals surface area (Å²) in [5, 5.41) is 4.78. The zero-order valence-corrected chi connectivity index (χ0v) is 14.5. The van der Waals surface area contributed by atoms with Gasteiger partial charge in [0.2, 0.25) is 15.9 Å². The van der Waals surface area contributed by atoms with Gasteiger partial charge in [0.1, 0.15) is 0 Å². The van der Waals surface area contributed by atoms with Crippen LogP contribution in [0.25, 0.3) is 0 Å². The maximum atomic E-state index is 12.1. The molecule has 5 nitrogen and oxygen atoms in total. The van der Waals surface area contributed by atoms with Crippen molar-refractivity contribution in [3.8, 4) is 0 Å². The number of aryl methyl sites for hydroxylation is 1. The Morgan fingerprint density at radius 1 is 1.13 bits per heavy atom. The molecule has 0 aliphatic rings. The number of amides is 1. The van der Waals surface area contributed by atoms with E-state index in [1.807, 2.05) is 24.4 Å². The van der Waals surface area contributed by atoms with Crippen LogP contribution >= 0.6 is 11.3 Å². The van der Waals surface area contributed by atoms with E-state index in [1.165, 1.54) is 4.88 Å². The van der Waals surface area contributed by atoms with Gasteiger partial charge in [0, 0.05) is 24.4 Å². The molecule has 23 heavy (non-hydrogen) atoms. The van der Waals surface area contributed by atoms with Crippen LogP contribution in [0.2, 0.25) is 0 Å². The summed E-state index contributed by atoms with van der Waals surface area (Å²) in [4.78, 5) is 13.1. The Morgan fingerprint density at radius 2 is 1.87 bits per heavy atom. The first-order chi connectivity index (χ1) is 11.0. The quantitative estimate of drug-likeness (QED) is 0.764. The zero-order chi connectivity index (χ0) is 16.7. The monoisotopic (exact) mass is 352 g/mol. The molecule has 1 heterocycles. The Bertz CT molecular complexity index is 723. The molecule has 1 amide bonds. The van der Waals surface area contributed by atoms with E-state index in [0.717, 1.165) is 12.0 Å². The Kier molecular flexibility index (Phi) is 6.32. The van der Waals surface area contributed by atoms with Crippen molar-refractivity contribution in [2.75, 3.05) is 13.1 Å². The van der Waals surface area contributed by atoms with Crippen LogP contribution in [-0.4, -0.2) is 27.4 Å². The molecule has 2 rings (SSSR count). The molecular weight excluding hydrogens is 332 g/mol. The van der Waals surface area contributed by atoms with Gasteiger partial charge in [0.05, 0.1) is 4.90 Å². The minimum Gasteiger partial charge on any atom is -0.356 e. The van der Waals surface area contributed by atoms with Crippen LogP contribution in [-0.2, 0) is 21.2 Å². The number of thiophene rings is 1. The first-order valence-corrected chi connectivity index (χ1v) is 9.69. The van der Waals surface area contributed by atoms with Crippen molar-refractivity contribution >= 4 is 27.3 Å². The van der Waals surface area contributed by atoms with Gasteiger partial charge in [-0.1, -0.05) is 23.8 Å². The van der Waals surface area contributed by atoms with Crippen molar-refractivity contribution in [1.82, 2.24) is 10.0 Å². The van der Waals surface area contributed by atoms with E-state index in [4.69, 9.17) is 0 Å². The molecule has 0 spiro atoms. The van der Waals surface area contributed by atoms with Gasteiger partial charge in [-0.3, -0.25) is 4.79 Å². The molecule has 0 bridgehead atoms. The molecule has 124 valence electrons. The summed E-state index contributed by atoms with van der Waals surface area (Å²) < 4.78 is 26.5. The summed E-state index contributed by atoms with van der Waals surface area (Å²) >= 11 is 1.65. The van der Waals surface area contributed by atoms with Gasteiger partial charge >= 0.3 is 0 Å². The lowest BCUT2D eigenvalue weighted by atomic mass is 10.2. The number of rotatable bonds is 8. The SMILES string of the molecule is Cc1ccc(S(=O)(=O)NCCC(=O)NCCc2cccs2)cc1. The molecule has 0 unspecified atom stereocenters. The standard InChI is InChI=1S/C16H20N2O3S2/c1-13-4-6-15(7-5-13)23(20,21)18-11-9-16(19)17-10-8-14-3-2-12-22-14/h2-7,12,18H,8-11H2,1H3,(H,17,19). The first kappa shape index (κ1) is 17.7. The first-order valence-electron chi connectivity index (χ1n) is 7.33. The van der Waals surface area contributed by atoms with Crippen molar-refractivity contribution < 1.29 is 13.2 Å². The average molecular weight is 352 g/mol. The van der Waals surface area contributed by atoms with Crippen molar-refractivity contribution in [2.24, 2.45) is 0 Å². The lowest BCUT2D eigenvalue weighted by molar-refractivity contribution is -0.120. The van der Waals surface area contributed by atoms with E-state index >= 15 is 0 Å². The summed E-state index contributed by atoms with van der Waals surface area (Å²) in [6, 6.07) is 10.6. The fourth-order valence-corrected chi connectivity index (χ4v) is 3.71. The molecule has 1 aromatic carbocycles. The Morgan fingerprint density at radius 3 is 2.52 bits per heavy atom. The number of carbonyl (C=O) groups is 1. The second-order valence-corrected chi connectivity index (χ2v) is 7.94. The van der Waals surface area contributed by atoms with E-state index in [1.54, 1.807) is 35.6 Å². The molecule has 2 N–H and O–H groups in total. The second-order valence-electron chi connectivity index (χ2n) is 5.14. The number of sulfonamides is 1. The summed E-state index contributed by atoms with van der Waals surface area (Å²) in [5.41, 5.74) is 0.995. The van der Waals surface area contributed by atoms with Gasteiger partial charge < -0.3 is 5.32 Å². The molecule has 0 radical (unpaired) electrons. The van der Waals surface area contributed by atoms with Crippen LogP contribution in [0.3, 0.4) is 0 Å². The van der Waals surface area contributed by atoms with E-state index in [2.05, 4.69) is 10.0 Å². The molecule has 0 saturated carbocycles. The Hall–Kier alpha value is -1.70. The molecule has 0 saturated heterocycles. The van der Waals surface area contributed by atoms with Gasteiger partial charge in [-0.15, -0.1) is 11.3 Å². The van der Waals surface area contributed by atoms with Crippen LogP contribution in [0, 0.1) is 6.92 Å². The fraction of sp³-hybridized carbons (Fsp3) is 0.312. The maximum Gasteiger partial charge on any atom is 0.240 e. The largest absolute Gasteiger partial charge is 0.356 e. The molecule has 7 heteroatoms. The van der Waals surface area contributed by atoms with Gasteiger partial charge in [0.25, 0.3) is 0 Å². The van der Waals surface area contributed by atoms with Gasteiger partial charge in [-0.05, 0) is 36.9 Å². The third-order valence-corrected chi connectivity index (χ3v) is 5.66. The zero-order valence-electron chi connectivity index (χ0n) is 12.9. The highest BCUT2D eigenvalue weighted by atomic mass is 32.2. The van der Waals surface area contributed by atoms with Gasteiger partial charge in [-0.25, -0.2) is 13.1 Å². The minimum atomic E-state index is -3.56. The third kappa shape index (κ3) is 5.78. The molecule has 0 aliphatic carbocycles. The van der Waals surface area contributed by atoms with Gasteiger partial charge in [-0.2, -0.15) is 0 Å². The van der Waals surface area contributed by atoms with E-state index < -0.39 is 10.0 Å². The molecule has 1 aromatic heterocycles. The summed E-state index contributed by atoms with van der Waals surface area (Å²) in [5.74, 6) is -0.159. The normalized spacial score (nSPS) is 11.3. The maximum absolute atomic E-state index is 12.1. The van der Waals surface area contributed by atoms with Crippen LogP contribution in [0.1, 0.15) is 16.9 Å². The van der Waals surface area contributed by atoms with E-state index in [-0.39, 0.29) is 23.8 Å². The number of hydrogen-bond acceptors (Lipinski definition) is 4. The van der Waals surface area contributed by atoms with E-state index in [0.29, 0.717) is 6.54 Å². The Balaban J connectivity index is 1.71. The summed E-state index contributed by atoms with van der Waals surface area (Å²) in [6.07, 6.45) is 0.911. The fourth-order valence-electron chi connectivity index (χ4n) is 1.97. The summed E-state index contributed by atoms with van der Waals surface area (Å²) in [7, 11) is -3.56. The highest BCUT2D eigenvalue weighted by molar-refractivity contribution is 7.89. The van der Waals surface area contributed by atoms with Crippen LogP contribution in [0.5, 0.6) is 0 Å². The molecular formula is C16H20N2O3S2. The lowest BCUT2D eigenvalue weighted by Crippen LogP contribution is -2.31. The lowest BCUT2D eigenvalue weighted by Gasteiger charge is -2.07. The smallest absolute Gasteiger partial charge is 0.240 e. The number of carbonyl (C=O) groups excluding carboxylic acids is 1. The highest BCUT2D eigenvalue weighted by Gasteiger charge is 2.13. The van der Waals surface area contributed by atoms with Crippen LogP contribution < -0.4 is 10.0 Å². The molecule has 0 aliphatic heterocycles.